The molecule has 28 heavy (non-hydrogen) atoms. The molecule has 1 amide bonds. The summed E-state index contributed by atoms with van der Waals surface area (Å²) in [6.45, 7) is 5.67. The van der Waals surface area contributed by atoms with E-state index in [1.54, 1.807) is 42.5 Å². The molecule has 3 N–H and O–H groups in total. The van der Waals surface area contributed by atoms with E-state index in [4.69, 9.17) is 15.2 Å². The maximum Gasteiger partial charge on any atom is 0.252 e. The smallest absolute Gasteiger partial charge is 0.252 e. The molecule has 0 heterocycles. The van der Waals surface area contributed by atoms with Crippen LogP contribution in [0.4, 0.5) is 0 Å². The van der Waals surface area contributed by atoms with E-state index in [-0.39, 0.29) is 24.1 Å². The first-order valence-corrected chi connectivity index (χ1v) is 9.14. The fraction of sp³-hybridized carbons (Fsp3) is 0.333. The molecular weight excluding hydrogens is 380 g/mol. The lowest BCUT2D eigenvalue weighted by Gasteiger charge is -2.13. The van der Waals surface area contributed by atoms with Crippen molar-refractivity contribution in [2.75, 3.05) is 26.3 Å². The minimum atomic E-state index is -0.289. The van der Waals surface area contributed by atoms with Gasteiger partial charge in [0, 0.05) is 17.7 Å². The number of halogens is 1. The second-order valence-corrected chi connectivity index (χ2v) is 5.80. The highest BCUT2D eigenvalue weighted by Crippen LogP contribution is 2.29. The number of carbonyl (C=O) groups excluding carboxylic acids is 2. The van der Waals surface area contributed by atoms with Gasteiger partial charge in [0.05, 0.1) is 18.8 Å². The van der Waals surface area contributed by atoms with E-state index in [2.05, 4.69) is 5.32 Å². The Bertz CT molecular complexity index is 796. The van der Waals surface area contributed by atoms with Gasteiger partial charge in [0.2, 0.25) is 0 Å². The highest BCUT2D eigenvalue weighted by atomic mass is 35.5. The van der Waals surface area contributed by atoms with Crippen molar-refractivity contribution >= 4 is 24.1 Å². The Morgan fingerprint density at radius 3 is 2.25 bits per heavy atom. The van der Waals surface area contributed by atoms with Crippen molar-refractivity contribution in [1.82, 2.24) is 5.32 Å². The van der Waals surface area contributed by atoms with Gasteiger partial charge < -0.3 is 20.5 Å². The van der Waals surface area contributed by atoms with E-state index in [0.717, 1.165) is 0 Å². The second kappa shape index (κ2) is 12.0. The Morgan fingerprint density at radius 2 is 1.61 bits per heavy atom. The van der Waals surface area contributed by atoms with Crippen LogP contribution in [0.25, 0.3) is 0 Å². The van der Waals surface area contributed by atoms with Gasteiger partial charge in [0.1, 0.15) is 0 Å². The largest absolute Gasteiger partial charge is 0.490 e. The summed E-state index contributed by atoms with van der Waals surface area (Å²) < 4.78 is 11.1. The summed E-state index contributed by atoms with van der Waals surface area (Å²) in [5.41, 5.74) is 6.57. The van der Waals surface area contributed by atoms with Crippen molar-refractivity contribution in [2.45, 2.75) is 20.3 Å². The van der Waals surface area contributed by atoms with Crippen LogP contribution < -0.4 is 20.5 Å². The third-order valence-corrected chi connectivity index (χ3v) is 3.89. The Labute approximate surface area is 171 Å². The van der Waals surface area contributed by atoms with Crippen molar-refractivity contribution < 1.29 is 19.1 Å². The molecule has 0 aliphatic rings. The SMILES string of the molecule is CCOc1ccc(C(=O)c2ccccc2C(=O)NCCCN)cc1OCC.Cl. The summed E-state index contributed by atoms with van der Waals surface area (Å²) >= 11 is 0. The van der Waals surface area contributed by atoms with E-state index in [0.29, 0.717) is 60.9 Å². The first-order valence-electron chi connectivity index (χ1n) is 9.14. The third kappa shape index (κ3) is 5.97. The molecule has 2 rings (SSSR count). The summed E-state index contributed by atoms with van der Waals surface area (Å²) in [7, 11) is 0. The molecule has 0 bridgehead atoms. The van der Waals surface area contributed by atoms with Crippen LogP contribution in [0.5, 0.6) is 11.5 Å². The van der Waals surface area contributed by atoms with Gasteiger partial charge in [0.25, 0.3) is 5.91 Å². The molecule has 0 atom stereocenters. The summed E-state index contributed by atoms with van der Waals surface area (Å²) in [4.78, 5) is 25.5. The molecule has 2 aromatic carbocycles. The number of carbonyl (C=O) groups is 2. The van der Waals surface area contributed by atoms with Crippen molar-refractivity contribution in [1.29, 1.82) is 0 Å². The van der Waals surface area contributed by atoms with E-state index in [9.17, 15) is 9.59 Å². The van der Waals surface area contributed by atoms with E-state index in [1.165, 1.54) is 0 Å². The number of rotatable bonds is 10. The molecule has 6 nitrogen and oxygen atoms in total. The Morgan fingerprint density at radius 1 is 0.964 bits per heavy atom. The average Bonchev–Trinajstić information content (AvgIpc) is 2.69. The van der Waals surface area contributed by atoms with Gasteiger partial charge in [-0.2, -0.15) is 0 Å². The molecule has 0 spiro atoms. The lowest BCUT2D eigenvalue weighted by atomic mass is 9.97. The fourth-order valence-corrected chi connectivity index (χ4v) is 2.63. The zero-order valence-corrected chi connectivity index (χ0v) is 17.0. The molecule has 0 fully saturated rings. The first-order chi connectivity index (χ1) is 13.1. The number of nitrogens with one attached hydrogen (secondary N) is 1. The second-order valence-electron chi connectivity index (χ2n) is 5.80. The van der Waals surface area contributed by atoms with Crippen LogP contribution in [-0.2, 0) is 0 Å². The van der Waals surface area contributed by atoms with Gasteiger partial charge in [-0.25, -0.2) is 0 Å². The van der Waals surface area contributed by atoms with Crippen LogP contribution in [0.3, 0.4) is 0 Å². The highest BCUT2D eigenvalue weighted by molar-refractivity contribution is 6.15. The molecule has 7 heteroatoms. The molecule has 0 unspecified atom stereocenters. The number of ether oxygens (including phenoxy) is 2. The van der Waals surface area contributed by atoms with Crippen molar-refractivity contribution in [2.24, 2.45) is 5.73 Å². The van der Waals surface area contributed by atoms with Crippen LogP contribution in [-0.4, -0.2) is 38.0 Å². The topological polar surface area (TPSA) is 90.7 Å². The first kappa shape index (κ1) is 23.5. The Balaban J connectivity index is 0.00000392. The number of benzene rings is 2. The molecule has 0 aromatic heterocycles. The zero-order valence-electron chi connectivity index (χ0n) is 16.2. The van der Waals surface area contributed by atoms with E-state index >= 15 is 0 Å². The average molecular weight is 407 g/mol. The van der Waals surface area contributed by atoms with Gasteiger partial charge in [0.15, 0.2) is 17.3 Å². The Hall–Kier alpha value is -2.57. The zero-order chi connectivity index (χ0) is 19.6. The molecule has 0 saturated heterocycles. The normalized spacial score (nSPS) is 9.96. The minimum Gasteiger partial charge on any atom is -0.490 e. The van der Waals surface area contributed by atoms with Crippen LogP contribution >= 0.6 is 12.4 Å². The van der Waals surface area contributed by atoms with Crippen molar-refractivity contribution in [3.63, 3.8) is 0 Å². The number of ketones is 1. The lowest BCUT2D eigenvalue weighted by Crippen LogP contribution is -2.27. The standard InChI is InChI=1S/C21H26N2O4.ClH/c1-3-26-18-11-10-15(14-19(18)27-4-2)20(24)16-8-5-6-9-17(16)21(25)23-13-7-12-22;/h5-6,8-11,14H,3-4,7,12-13,22H2,1-2H3,(H,23,25);1H. The van der Waals surface area contributed by atoms with Gasteiger partial charge in [-0.15, -0.1) is 12.4 Å². The van der Waals surface area contributed by atoms with Crippen LogP contribution in [0.2, 0.25) is 0 Å². The molecular formula is C21H27ClN2O4. The molecule has 0 saturated carbocycles. The van der Waals surface area contributed by atoms with E-state index < -0.39 is 0 Å². The molecule has 2 aromatic rings. The van der Waals surface area contributed by atoms with Crippen LogP contribution in [0.15, 0.2) is 42.5 Å². The van der Waals surface area contributed by atoms with Gasteiger partial charge >= 0.3 is 0 Å². The molecule has 0 aliphatic carbocycles. The number of nitrogens with two attached hydrogens (primary N) is 1. The Kier molecular flexibility index (Phi) is 10.1. The molecule has 0 aliphatic heterocycles. The summed E-state index contributed by atoms with van der Waals surface area (Å²) in [6.07, 6.45) is 0.679. The fourth-order valence-electron chi connectivity index (χ4n) is 2.63. The maximum absolute atomic E-state index is 13.0. The number of hydrogen-bond donors (Lipinski definition) is 2. The minimum absolute atomic E-state index is 0. The van der Waals surface area contributed by atoms with Crippen molar-refractivity contribution in [3.05, 3.63) is 59.2 Å². The maximum atomic E-state index is 13.0. The number of amides is 1. The lowest BCUT2D eigenvalue weighted by molar-refractivity contribution is 0.0942. The van der Waals surface area contributed by atoms with Crippen LogP contribution in [0.1, 0.15) is 46.5 Å². The summed E-state index contributed by atoms with van der Waals surface area (Å²) in [5, 5.41) is 2.79. The van der Waals surface area contributed by atoms with E-state index in [1.807, 2.05) is 13.8 Å². The van der Waals surface area contributed by atoms with Gasteiger partial charge in [-0.1, -0.05) is 18.2 Å². The van der Waals surface area contributed by atoms with Gasteiger partial charge in [-0.3, -0.25) is 9.59 Å². The van der Waals surface area contributed by atoms with Crippen molar-refractivity contribution in [3.8, 4) is 11.5 Å². The summed E-state index contributed by atoms with van der Waals surface area (Å²) in [6, 6.07) is 11.8. The number of hydrogen-bond acceptors (Lipinski definition) is 5. The summed E-state index contributed by atoms with van der Waals surface area (Å²) in [5.74, 6) is 0.561. The predicted octanol–water partition coefficient (Wildman–Crippen LogP) is 3.22. The monoisotopic (exact) mass is 406 g/mol. The predicted molar refractivity (Wildman–Crippen MR) is 112 cm³/mol. The third-order valence-electron chi connectivity index (χ3n) is 3.89. The molecule has 152 valence electrons. The quantitative estimate of drug-likeness (QED) is 0.467. The van der Waals surface area contributed by atoms with Gasteiger partial charge in [-0.05, 0) is 51.1 Å². The molecule has 0 radical (unpaired) electrons. The highest BCUT2D eigenvalue weighted by Gasteiger charge is 2.19. The van der Waals surface area contributed by atoms with Crippen LogP contribution in [0, 0.1) is 0 Å².